The highest BCUT2D eigenvalue weighted by atomic mass is 16.6. The number of hydrogen-bond acceptors (Lipinski definition) is 4. The summed E-state index contributed by atoms with van der Waals surface area (Å²) < 4.78 is 0. The maximum absolute atomic E-state index is 11.8. The molecule has 98 valence electrons. The van der Waals surface area contributed by atoms with Crippen molar-refractivity contribution >= 4 is 11.7 Å². The van der Waals surface area contributed by atoms with Crippen molar-refractivity contribution in [3.63, 3.8) is 0 Å². The molecule has 1 aromatic heterocycles. The highest BCUT2D eigenvalue weighted by Gasteiger charge is 2.22. The first kappa shape index (κ1) is 12.6. The van der Waals surface area contributed by atoms with E-state index in [2.05, 4.69) is 10.3 Å². The van der Waals surface area contributed by atoms with E-state index < -0.39 is 4.92 Å². The molecule has 1 aliphatic carbocycles. The van der Waals surface area contributed by atoms with Crippen LogP contribution in [0.2, 0.25) is 0 Å². The van der Waals surface area contributed by atoms with Crippen LogP contribution in [-0.2, 0) is 0 Å². The highest BCUT2D eigenvalue weighted by molar-refractivity contribution is 5.93. The number of rotatable bonds is 3. The minimum atomic E-state index is -0.559. The molecule has 4 N–H and O–H groups in total. The molecule has 18 heavy (non-hydrogen) atoms. The number of nitrogens with one attached hydrogen (secondary N) is 2. The van der Waals surface area contributed by atoms with Gasteiger partial charge in [-0.05, 0) is 36.7 Å². The van der Waals surface area contributed by atoms with Crippen molar-refractivity contribution < 1.29 is 9.72 Å². The third-order valence-electron chi connectivity index (χ3n) is 3.22. The number of amides is 1. The van der Waals surface area contributed by atoms with E-state index in [1.807, 2.05) is 0 Å². The summed E-state index contributed by atoms with van der Waals surface area (Å²) in [4.78, 5) is 24.2. The second kappa shape index (κ2) is 5.18. The molecule has 1 aromatic rings. The minimum Gasteiger partial charge on any atom is -0.358 e. The van der Waals surface area contributed by atoms with Crippen LogP contribution in [0.3, 0.4) is 0 Å². The maximum atomic E-state index is 11.8. The van der Waals surface area contributed by atoms with Crippen molar-refractivity contribution in [1.29, 1.82) is 0 Å². The molecule has 2 rings (SSSR count). The molecule has 1 amide bonds. The summed E-state index contributed by atoms with van der Waals surface area (Å²) in [5, 5.41) is 13.4. The molecular formula is C11H16N4O3. The van der Waals surface area contributed by atoms with Crippen molar-refractivity contribution in [2.24, 2.45) is 5.73 Å². The summed E-state index contributed by atoms with van der Waals surface area (Å²) in [5.74, 6) is -0.477. The van der Waals surface area contributed by atoms with E-state index in [0.29, 0.717) is 0 Å². The van der Waals surface area contributed by atoms with E-state index >= 15 is 0 Å². The van der Waals surface area contributed by atoms with Crippen molar-refractivity contribution in [3.05, 3.63) is 27.9 Å². The van der Waals surface area contributed by atoms with Gasteiger partial charge in [-0.3, -0.25) is 4.79 Å². The zero-order chi connectivity index (χ0) is 13.1. The van der Waals surface area contributed by atoms with Gasteiger partial charge < -0.3 is 21.2 Å². The number of aromatic nitrogens is 1. The number of aromatic amines is 1. The smallest absolute Gasteiger partial charge is 0.321 e. The molecule has 0 bridgehead atoms. The molecule has 7 nitrogen and oxygen atoms in total. The summed E-state index contributed by atoms with van der Waals surface area (Å²) in [6.07, 6.45) is 3.51. The molecule has 1 fully saturated rings. The Labute approximate surface area is 104 Å². The van der Waals surface area contributed by atoms with Gasteiger partial charge in [-0.25, -0.2) is 4.98 Å². The fraction of sp³-hybridized carbons (Fsp3) is 0.545. The Morgan fingerprint density at radius 1 is 1.39 bits per heavy atom. The SMILES string of the molecule is NC1CCC(NC(=O)c2ccc([N+](=O)[O-])[nH]2)CC1. The van der Waals surface area contributed by atoms with Crippen molar-refractivity contribution in [3.8, 4) is 0 Å². The predicted molar refractivity (Wildman–Crippen MR) is 65.1 cm³/mol. The second-order valence-corrected chi connectivity index (χ2v) is 4.60. The summed E-state index contributed by atoms with van der Waals surface area (Å²) in [6.45, 7) is 0. The van der Waals surface area contributed by atoms with Gasteiger partial charge >= 0.3 is 5.82 Å². The first-order chi connectivity index (χ1) is 8.56. The lowest BCUT2D eigenvalue weighted by Crippen LogP contribution is -2.40. The van der Waals surface area contributed by atoms with Crippen LogP contribution in [0.25, 0.3) is 0 Å². The molecule has 0 saturated heterocycles. The lowest BCUT2D eigenvalue weighted by Gasteiger charge is -2.26. The quantitative estimate of drug-likeness (QED) is 0.548. The standard InChI is InChI=1S/C11H16N4O3/c12-7-1-3-8(4-2-7)13-11(16)9-5-6-10(14-9)15(17)18/h5-8,14H,1-4,12H2,(H,13,16). The Bertz CT molecular complexity index is 449. The molecule has 1 saturated carbocycles. The van der Waals surface area contributed by atoms with Gasteiger partial charge in [0, 0.05) is 18.2 Å². The molecule has 0 radical (unpaired) electrons. The molecule has 0 aliphatic heterocycles. The van der Waals surface area contributed by atoms with Gasteiger partial charge in [0.15, 0.2) is 5.69 Å². The Morgan fingerprint density at radius 2 is 2.06 bits per heavy atom. The lowest BCUT2D eigenvalue weighted by atomic mass is 9.92. The number of carbonyl (C=O) groups is 1. The number of nitro groups is 1. The molecule has 0 spiro atoms. The Hall–Kier alpha value is -1.89. The number of nitrogens with two attached hydrogens (primary N) is 1. The topological polar surface area (TPSA) is 114 Å². The molecule has 0 aromatic carbocycles. The molecule has 1 heterocycles. The van der Waals surface area contributed by atoms with Gasteiger partial charge in [-0.15, -0.1) is 0 Å². The van der Waals surface area contributed by atoms with Crippen molar-refractivity contribution in [2.75, 3.05) is 0 Å². The zero-order valence-electron chi connectivity index (χ0n) is 9.89. The van der Waals surface area contributed by atoms with Gasteiger partial charge in [-0.1, -0.05) is 0 Å². The normalized spacial score (nSPS) is 23.6. The zero-order valence-corrected chi connectivity index (χ0v) is 9.89. The van der Waals surface area contributed by atoms with Crippen LogP contribution in [0.1, 0.15) is 36.2 Å². The van der Waals surface area contributed by atoms with Crippen LogP contribution in [0.4, 0.5) is 5.82 Å². The number of hydrogen-bond donors (Lipinski definition) is 3. The molecule has 0 atom stereocenters. The Morgan fingerprint density at radius 3 is 2.61 bits per heavy atom. The van der Waals surface area contributed by atoms with Gasteiger partial charge in [0.1, 0.15) is 0 Å². The Kier molecular flexibility index (Phi) is 3.61. The van der Waals surface area contributed by atoms with E-state index in [1.165, 1.54) is 12.1 Å². The van der Waals surface area contributed by atoms with Crippen LogP contribution in [0.15, 0.2) is 12.1 Å². The van der Waals surface area contributed by atoms with Crippen LogP contribution < -0.4 is 11.1 Å². The van der Waals surface area contributed by atoms with Gasteiger partial charge in [0.25, 0.3) is 5.91 Å². The summed E-state index contributed by atoms with van der Waals surface area (Å²) >= 11 is 0. The first-order valence-electron chi connectivity index (χ1n) is 5.96. The second-order valence-electron chi connectivity index (χ2n) is 4.60. The average molecular weight is 252 g/mol. The third kappa shape index (κ3) is 2.86. The highest BCUT2D eigenvalue weighted by Crippen LogP contribution is 2.17. The predicted octanol–water partition coefficient (Wildman–Crippen LogP) is 0.923. The van der Waals surface area contributed by atoms with Gasteiger partial charge in [0.05, 0.1) is 0 Å². The van der Waals surface area contributed by atoms with Crippen molar-refractivity contribution in [1.82, 2.24) is 10.3 Å². The molecule has 0 unspecified atom stereocenters. The van der Waals surface area contributed by atoms with Crippen LogP contribution in [0, 0.1) is 10.1 Å². The first-order valence-corrected chi connectivity index (χ1v) is 5.96. The van der Waals surface area contributed by atoms with E-state index in [0.717, 1.165) is 25.7 Å². The van der Waals surface area contributed by atoms with E-state index in [4.69, 9.17) is 5.73 Å². The van der Waals surface area contributed by atoms with Crippen LogP contribution in [0.5, 0.6) is 0 Å². The number of carbonyl (C=O) groups excluding carboxylic acids is 1. The summed E-state index contributed by atoms with van der Waals surface area (Å²) in [6, 6.07) is 3.04. The van der Waals surface area contributed by atoms with Gasteiger partial charge in [0.2, 0.25) is 0 Å². The minimum absolute atomic E-state index is 0.111. The monoisotopic (exact) mass is 252 g/mol. The molecule has 7 heteroatoms. The van der Waals surface area contributed by atoms with Gasteiger partial charge in [-0.2, -0.15) is 0 Å². The average Bonchev–Trinajstić information content (AvgIpc) is 2.81. The third-order valence-corrected chi connectivity index (χ3v) is 3.22. The summed E-state index contributed by atoms with van der Waals surface area (Å²) in [7, 11) is 0. The molecular weight excluding hydrogens is 236 g/mol. The number of nitrogens with zero attached hydrogens (tertiary/aromatic N) is 1. The maximum Gasteiger partial charge on any atom is 0.321 e. The number of H-pyrrole nitrogens is 1. The van der Waals surface area contributed by atoms with E-state index in [1.54, 1.807) is 0 Å². The summed E-state index contributed by atoms with van der Waals surface area (Å²) in [5.41, 5.74) is 6.00. The fourth-order valence-electron chi connectivity index (χ4n) is 2.15. The molecule has 1 aliphatic rings. The Balaban J connectivity index is 1.93. The van der Waals surface area contributed by atoms with Crippen LogP contribution >= 0.6 is 0 Å². The van der Waals surface area contributed by atoms with Crippen molar-refractivity contribution in [2.45, 2.75) is 37.8 Å². The van der Waals surface area contributed by atoms with E-state index in [-0.39, 0.29) is 29.5 Å². The largest absolute Gasteiger partial charge is 0.358 e. The fourth-order valence-corrected chi connectivity index (χ4v) is 2.15. The lowest BCUT2D eigenvalue weighted by molar-refractivity contribution is -0.389. The van der Waals surface area contributed by atoms with E-state index in [9.17, 15) is 14.9 Å². The van der Waals surface area contributed by atoms with Crippen LogP contribution in [-0.4, -0.2) is 27.9 Å².